The van der Waals surface area contributed by atoms with Gasteiger partial charge >= 0.3 is 0 Å². The minimum absolute atomic E-state index is 0.0434. The molecule has 0 unspecified atom stereocenters. The van der Waals surface area contributed by atoms with Gasteiger partial charge in [-0.3, -0.25) is 0 Å². The molecular formula is C14H30O2. The lowest BCUT2D eigenvalue weighted by Gasteiger charge is -2.27. The van der Waals surface area contributed by atoms with E-state index in [4.69, 9.17) is 9.47 Å². The molecule has 0 heterocycles. The van der Waals surface area contributed by atoms with Gasteiger partial charge in [-0.05, 0) is 47.5 Å². The minimum atomic E-state index is -0.0566. The Bertz CT molecular complexity index is 168. The van der Waals surface area contributed by atoms with Gasteiger partial charge in [0.25, 0.3) is 0 Å². The summed E-state index contributed by atoms with van der Waals surface area (Å²) in [6.45, 7) is 14.4. The zero-order chi connectivity index (χ0) is 12.7. The van der Waals surface area contributed by atoms with Crippen LogP contribution in [0.1, 0.15) is 67.2 Å². The molecule has 98 valence electrons. The molecule has 0 aromatic carbocycles. The molecule has 0 aliphatic heterocycles. The van der Waals surface area contributed by atoms with Crippen LogP contribution < -0.4 is 0 Å². The van der Waals surface area contributed by atoms with Gasteiger partial charge in [0.2, 0.25) is 0 Å². The second-order valence-electron chi connectivity index (χ2n) is 6.03. The molecule has 0 radical (unpaired) electrons. The van der Waals surface area contributed by atoms with Gasteiger partial charge in [-0.25, -0.2) is 0 Å². The normalized spacial score (nSPS) is 13.1. The molecule has 0 aromatic rings. The lowest BCUT2D eigenvalue weighted by molar-refractivity contribution is -0.0671. The quantitative estimate of drug-likeness (QED) is 0.582. The van der Waals surface area contributed by atoms with Crippen LogP contribution in [0.3, 0.4) is 0 Å². The largest absolute Gasteiger partial charge is 0.376 e. The van der Waals surface area contributed by atoms with E-state index in [1.807, 2.05) is 0 Å². The summed E-state index contributed by atoms with van der Waals surface area (Å²) in [6.07, 6.45) is 4.63. The molecule has 0 saturated heterocycles. The lowest BCUT2D eigenvalue weighted by Crippen LogP contribution is -2.29. The molecule has 16 heavy (non-hydrogen) atoms. The van der Waals surface area contributed by atoms with Gasteiger partial charge in [0.15, 0.2) is 0 Å². The molecule has 0 atom stereocenters. The molecule has 0 spiro atoms. The van der Waals surface area contributed by atoms with E-state index in [0.29, 0.717) is 0 Å². The Morgan fingerprint density at radius 1 is 0.812 bits per heavy atom. The highest BCUT2D eigenvalue weighted by Crippen LogP contribution is 2.17. The smallest absolute Gasteiger partial charge is 0.0648 e. The Kier molecular flexibility index (Phi) is 7.25. The molecule has 2 nitrogen and oxygen atoms in total. The highest BCUT2D eigenvalue weighted by molar-refractivity contribution is 4.69. The fraction of sp³-hybridized carbons (Fsp3) is 1.00. The third-order valence-corrected chi connectivity index (χ3v) is 2.48. The molecular weight excluding hydrogens is 200 g/mol. The highest BCUT2D eigenvalue weighted by Gasteiger charge is 2.19. The summed E-state index contributed by atoms with van der Waals surface area (Å²) in [5, 5.41) is 0. The van der Waals surface area contributed by atoms with Crippen molar-refractivity contribution in [1.82, 2.24) is 0 Å². The van der Waals surface area contributed by atoms with Gasteiger partial charge < -0.3 is 9.47 Å². The predicted molar refractivity (Wildman–Crippen MR) is 69.9 cm³/mol. The lowest BCUT2D eigenvalue weighted by atomic mass is 10.1. The van der Waals surface area contributed by atoms with Gasteiger partial charge in [-0.15, -0.1) is 0 Å². The van der Waals surface area contributed by atoms with Crippen molar-refractivity contribution in [3.8, 4) is 0 Å². The highest BCUT2D eigenvalue weighted by atomic mass is 16.5. The maximum atomic E-state index is 5.87. The summed E-state index contributed by atoms with van der Waals surface area (Å²) in [5.74, 6) is 0. The number of unbranched alkanes of at least 4 members (excludes halogenated alkanes) is 2. The average Bonchev–Trinajstić information content (AvgIpc) is 2.10. The molecule has 0 aromatic heterocycles. The first-order valence-electron chi connectivity index (χ1n) is 6.55. The monoisotopic (exact) mass is 230 g/mol. The summed E-state index contributed by atoms with van der Waals surface area (Å²) in [6, 6.07) is 0. The first kappa shape index (κ1) is 15.9. The van der Waals surface area contributed by atoms with Crippen LogP contribution >= 0.6 is 0 Å². The molecule has 0 aliphatic carbocycles. The molecule has 0 bridgehead atoms. The van der Waals surface area contributed by atoms with E-state index >= 15 is 0 Å². The molecule has 0 saturated carbocycles. The second kappa shape index (κ2) is 7.29. The van der Waals surface area contributed by atoms with Gasteiger partial charge in [0.05, 0.1) is 11.2 Å². The van der Waals surface area contributed by atoms with Crippen molar-refractivity contribution in [3.63, 3.8) is 0 Å². The summed E-state index contributed by atoms with van der Waals surface area (Å²) >= 11 is 0. The molecule has 2 heteroatoms. The Labute approximate surface area is 102 Å². The summed E-state index contributed by atoms with van der Waals surface area (Å²) in [5.41, 5.74) is -0.0999. The van der Waals surface area contributed by atoms with Crippen LogP contribution in [0, 0.1) is 0 Å². The van der Waals surface area contributed by atoms with Crippen LogP contribution in [0.5, 0.6) is 0 Å². The van der Waals surface area contributed by atoms with Crippen LogP contribution in [0.4, 0.5) is 0 Å². The molecule has 0 fully saturated rings. The minimum Gasteiger partial charge on any atom is -0.376 e. The number of ether oxygens (including phenoxy) is 2. The molecule has 0 N–H and O–H groups in total. The van der Waals surface area contributed by atoms with Crippen molar-refractivity contribution in [2.24, 2.45) is 0 Å². The van der Waals surface area contributed by atoms with Gasteiger partial charge in [-0.2, -0.15) is 0 Å². The SMILES string of the molecule is CCCCCOC(C)(C)CCOC(C)(C)C. The van der Waals surface area contributed by atoms with Crippen molar-refractivity contribution in [2.75, 3.05) is 13.2 Å². The number of hydrogen-bond acceptors (Lipinski definition) is 2. The maximum Gasteiger partial charge on any atom is 0.0648 e. The first-order valence-corrected chi connectivity index (χ1v) is 6.55. The molecule has 0 aliphatic rings. The summed E-state index contributed by atoms with van der Waals surface area (Å²) in [7, 11) is 0. The van der Waals surface area contributed by atoms with E-state index < -0.39 is 0 Å². The predicted octanol–water partition coefficient (Wildman–Crippen LogP) is 4.18. The van der Waals surface area contributed by atoms with Gasteiger partial charge in [-0.1, -0.05) is 19.8 Å². The Morgan fingerprint density at radius 3 is 1.94 bits per heavy atom. The van der Waals surface area contributed by atoms with E-state index in [1.54, 1.807) is 0 Å². The second-order valence-corrected chi connectivity index (χ2v) is 6.03. The van der Waals surface area contributed by atoms with E-state index in [1.165, 1.54) is 19.3 Å². The third kappa shape index (κ3) is 10.4. The van der Waals surface area contributed by atoms with E-state index in [-0.39, 0.29) is 11.2 Å². The number of hydrogen-bond donors (Lipinski definition) is 0. The van der Waals surface area contributed by atoms with Crippen molar-refractivity contribution in [3.05, 3.63) is 0 Å². The Morgan fingerprint density at radius 2 is 1.44 bits per heavy atom. The van der Waals surface area contributed by atoms with Gasteiger partial charge in [0, 0.05) is 13.2 Å². The van der Waals surface area contributed by atoms with E-state index in [2.05, 4.69) is 41.5 Å². The zero-order valence-corrected chi connectivity index (χ0v) is 12.1. The Hall–Kier alpha value is -0.0800. The van der Waals surface area contributed by atoms with E-state index in [9.17, 15) is 0 Å². The van der Waals surface area contributed by atoms with Crippen LogP contribution in [-0.2, 0) is 9.47 Å². The topological polar surface area (TPSA) is 18.5 Å². The third-order valence-electron chi connectivity index (χ3n) is 2.48. The van der Waals surface area contributed by atoms with E-state index in [0.717, 1.165) is 19.6 Å². The molecule has 0 rings (SSSR count). The summed E-state index contributed by atoms with van der Waals surface area (Å²) < 4.78 is 11.6. The van der Waals surface area contributed by atoms with Gasteiger partial charge in [0.1, 0.15) is 0 Å². The zero-order valence-electron chi connectivity index (χ0n) is 12.1. The fourth-order valence-electron chi connectivity index (χ4n) is 1.38. The maximum absolute atomic E-state index is 5.87. The fourth-order valence-corrected chi connectivity index (χ4v) is 1.38. The molecule has 0 amide bonds. The summed E-state index contributed by atoms with van der Waals surface area (Å²) in [4.78, 5) is 0. The first-order chi connectivity index (χ1) is 7.27. The average molecular weight is 230 g/mol. The van der Waals surface area contributed by atoms with Crippen molar-refractivity contribution in [2.45, 2.75) is 78.4 Å². The van der Waals surface area contributed by atoms with Crippen molar-refractivity contribution < 1.29 is 9.47 Å². The van der Waals surface area contributed by atoms with Crippen LogP contribution in [0.2, 0.25) is 0 Å². The van der Waals surface area contributed by atoms with Crippen molar-refractivity contribution in [1.29, 1.82) is 0 Å². The van der Waals surface area contributed by atoms with Crippen LogP contribution in [0.15, 0.2) is 0 Å². The van der Waals surface area contributed by atoms with Crippen LogP contribution in [-0.4, -0.2) is 24.4 Å². The van der Waals surface area contributed by atoms with Crippen LogP contribution in [0.25, 0.3) is 0 Å². The standard InChI is InChI=1S/C14H30O2/c1-7-8-9-11-16-14(5,6)10-12-15-13(2,3)4/h7-12H2,1-6H3. The Balaban J connectivity index is 3.62. The number of rotatable bonds is 8. The van der Waals surface area contributed by atoms with Crippen molar-refractivity contribution >= 4 is 0 Å².